The number of hydrogen-bond donors (Lipinski definition) is 1. The molecule has 1 N–H and O–H groups in total. The lowest BCUT2D eigenvalue weighted by Gasteiger charge is -2.45. The molecule has 0 bridgehead atoms. The van der Waals surface area contributed by atoms with Crippen LogP contribution in [0.1, 0.15) is 72.8 Å². The highest BCUT2D eigenvalue weighted by Crippen LogP contribution is 2.44. The van der Waals surface area contributed by atoms with Crippen LogP contribution in [-0.2, 0) is 15.8 Å². The molecular formula is C25H41NO3Si. The lowest BCUT2D eigenvalue weighted by Crippen LogP contribution is -2.50. The fourth-order valence-electron chi connectivity index (χ4n) is 5.04. The first-order valence-corrected chi connectivity index (χ1v) is 13.7. The summed E-state index contributed by atoms with van der Waals surface area (Å²) in [5, 5.41) is 2.91. The first-order valence-electron chi connectivity index (χ1n) is 11.6. The molecule has 1 aliphatic rings. The lowest BCUT2D eigenvalue weighted by atomic mass is 9.94. The Balaban J connectivity index is 1.91. The smallest absolute Gasteiger partial charge is 0.407 e. The van der Waals surface area contributed by atoms with Crippen molar-refractivity contribution in [1.29, 1.82) is 0 Å². The third kappa shape index (κ3) is 6.45. The Morgan fingerprint density at radius 1 is 1.07 bits per heavy atom. The highest BCUT2D eigenvalue weighted by Gasteiger charge is 2.47. The first kappa shape index (κ1) is 24.7. The topological polar surface area (TPSA) is 47.6 Å². The van der Waals surface area contributed by atoms with Crippen LogP contribution in [0.15, 0.2) is 42.0 Å². The number of carbonyl (C=O) groups excluding carboxylic acids is 1. The summed E-state index contributed by atoms with van der Waals surface area (Å²) in [5.41, 5.74) is 4.07. The highest BCUT2D eigenvalue weighted by atomic mass is 28.4. The molecule has 4 nitrogen and oxygen atoms in total. The van der Waals surface area contributed by atoms with Crippen LogP contribution in [0.3, 0.4) is 0 Å². The van der Waals surface area contributed by atoms with E-state index in [0.29, 0.717) is 29.8 Å². The Morgan fingerprint density at radius 2 is 1.70 bits per heavy atom. The van der Waals surface area contributed by atoms with Crippen LogP contribution in [0, 0.1) is 0 Å². The third-order valence-corrected chi connectivity index (χ3v) is 12.5. The number of amides is 1. The molecule has 0 saturated carbocycles. The molecule has 1 aliphatic carbocycles. The van der Waals surface area contributed by atoms with Gasteiger partial charge >= 0.3 is 6.09 Å². The Bertz CT molecular complexity index is 663. The molecule has 0 unspecified atom stereocenters. The van der Waals surface area contributed by atoms with Gasteiger partial charge in [-0.2, -0.15) is 0 Å². The van der Waals surface area contributed by atoms with Crippen molar-refractivity contribution >= 4 is 14.4 Å². The second-order valence-electron chi connectivity index (χ2n) is 9.37. The molecule has 1 amide bonds. The second kappa shape index (κ2) is 11.7. The summed E-state index contributed by atoms with van der Waals surface area (Å²) in [7, 11) is -1.92. The van der Waals surface area contributed by atoms with E-state index < -0.39 is 8.32 Å². The molecule has 0 saturated heterocycles. The van der Waals surface area contributed by atoms with Crippen molar-refractivity contribution in [1.82, 2.24) is 5.32 Å². The van der Waals surface area contributed by atoms with E-state index in [1.807, 2.05) is 30.3 Å². The van der Waals surface area contributed by atoms with Crippen LogP contribution in [0.4, 0.5) is 4.79 Å². The Kier molecular flexibility index (Phi) is 9.63. The first-order chi connectivity index (χ1) is 14.3. The maximum atomic E-state index is 12.1. The van der Waals surface area contributed by atoms with Gasteiger partial charge in [0.25, 0.3) is 0 Å². The van der Waals surface area contributed by atoms with Gasteiger partial charge in [0.1, 0.15) is 6.61 Å². The fourth-order valence-corrected chi connectivity index (χ4v) is 10.6. The van der Waals surface area contributed by atoms with E-state index in [4.69, 9.17) is 9.16 Å². The molecule has 0 radical (unpaired) electrons. The zero-order valence-corrected chi connectivity index (χ0v) is 20.7. The second-order valence-corrected chi connectivity index (χ2v) is 14.8. The zero-order valence-electron chi connectivity index (χ0n) is 19.7. The summed E-state index contributed by atoms with van der Waals surface area (Å²) in [6.07, 6.45) is 6.37. The van der Waals surface area contributed by atoms with E-state index in [-0.39, 0.29) is 12.2 Å². The zero-order chi connectivity index (χ0) is 22.1. The van der Waals surface area contributed by atoms with Gasteiger partial charge in [-0.3, -0.25) is 0 Å². The van der Waals surface area contributed by atoms with Gasteiger partial charge in [-0.25, -0.2) is 4.79 Å². The summed E-state index contributed by atoms with van der Waals surface area (Å²) in [6, 6.07) is 9.75. The maximum absolute atomic E-state index is 12.1. The van der Waals surface area contributed by atoms with E-state index in [0.717, 1.165) is 24.8 Å². The minimum absolute atomic E-state index is 0.194. The summed E-state index contributed by atoms with van der Waals surface area (Å²) in [4.78, 5) is 12.1. The Labute approximate surface area is 184 Å². The SMILES string of the molecule is CC(C)[Si](O[C@H]1CCCC=C1CCNC(=O)OCc1ccccc1)(C(C)C)C(C)C. The minimum Gasteiger partial charge on any atom is -0.445 e. The molecule has 0 spiro atoms. The monoisotopic (exact) mass is 431 g/mol. The van der Waals surface area contributed by atoms with Gasteiger partial charge in [-0.05, 0) is 53.4 Å². The molecule has 1 aromatic rings. The number of alkyl carbamates (subject to hydrolysis) is 1. The van der Waals surface area contributed by atoms with Gasteiger partial charge in [0, 0.05) is 6.54 Å². The average Bonchev–Trinajstić information content (AvgIpc) is 2.71. The quantitative estimate of drug-likeness (QED) is 0.321. The van der Waals surface area contributed by atoms with Crippen molar-refractivity contribution in [3.63, 3.8) is 0 Å². The minimum atomic E-state index is -1.92. The average molecular weight is 432 g/mol. The van der Waals surface area contributed by atoms with Crippen molar-refractivity contribution in [2.45, 2.75) is 96.6 Å². The number of ether oxygens (including phenoxy) is 1. The molecule has 0 fully saturated rings. The Hall–Kier alpha value is -1.59. The summed E-state index contributed by atoms with van der Waals surface area (Å²) >= 11 is 0. The van der Waals surface area contributed by atoms with Gasteiger partial charge in [0.05, 0.1) is 6.10 Å². The van der Waals surface area contributed by atoms with Crippen LogP contribution in [-0.4, -0.2) is 27.1 Å². The number of carbonyl (C=O) groups is 1. The van der Waals surface area contributed by atoms with Gasteiger partial charge in [0.2, 0.25) is 8.32 Å². The van der Waals surface area contributed by atoms with Crippen LogP contribution in [0.2, 0.25) is 16.6 Å². The van der Waals surface area contributed by atoms with E-state index in [1.54, 1.807) is 0 Å². The van der Waals surface area contributed by atoms with E-state index in [9.17, 15) is 4.79 Å². The fraction of sp³-hybridized carbons (Fsp3) is 0.640. The van der Waals surface area contributed by atoms with Gasteiger partial charge in [-0.15, -0.1) is 0 Å². The van der Waals surface area contributed by atoms with E-state index >= 15 is 0 Å². The Morgan fingerprint density at radius 3 is 2.30 bits per heavy atom. The number of nitrogens with one attached hydrogen (secondary N) is 1. The number of rotatable bonds is 10. The molecule has 5 heteroatoms. The highest BCUT2D eigenvalue weighted by molar-refractivity contribution is 6.77. The molecular weight excluding hydrogens is 390 g/mol. The number of benzene rings is 1. The molecule has 1 aromatic carbocycles. The number of allylic oxidation sites excluding steroid dienone is 1. The van der Waals surface area contributed by atoms with E-state index in [1.165, 1.54) is 12.0 Å². The van der Waals surface area contributed by atoms with Crippen molar-refractivity contribution in [2.75, 3.05) is 6.54 Å². The largest absolute Gasteiger partial charge is 0.445 e. The van der Waals surface area contributed by atoms with Crippen molar-refractivity contribution in [2.24, 2.45) is 0 Å². The standard InChI is InChI=1S/C25H41NO3Si/c1-19(2)30(20(3)4,21(5)6)29-24-15-11-10-14-23(24)16-17-26-25(27)28-18-22-12-8-7-9-13-22/h7-9,12-14,19-21,24H,10-11,15-18H2,1-6H3,(H,26,27)/t24-/m0/s1. The molecule has 0 aromatic heterocycles. The predicted molar refractivity (Wildman–Crippen MR) is 127 cm³/mol. The molecule has 0 aliphatic heterocycles. The van der Waals surface area contributed by atoms with Gasteiger partial charge in [0.15, 0.2) is 0 Å². The third-order valence-electron chi connectivity index (χ3n) is 6.44. The maximum Gasteiger partial charge on any atom is 0.407 e. The van der Waals surface area contributed by atoms with Crippen molar-refractivity contribution < 1.29 is 14.0 Å². The normalized spacial score (nSPS) is 17.4. The number of hydrogen-bond acceptors (Lipinski definition) is 3. The predicted octanol–water partition coefficient (Wildman–Crippen LogP) is 6.97. The summed E-state index contributed by atoms with van der Waals surface area (Å²) in [6.45, 7) is 14.9. The summed E-state index contributed by atoms with van der Waals surface area (Å²) in [5.74, 6) is 0. The van der Waals surface area contributed by atoms with Crippen LogP contribution < -0.4 is 5.32 Å². The van der Waals surface area contributed by atoms with Gasteiger partial charge < -0.3 is 14.5 Å². The molecule has 0 heterocycles. The van der Waals surface area contributed by atoms with Crippen LogP contribution in [0.5, 0.6) is 0 Å². The molecule has 168 valence electrons. The van der Waals surface area contributed by atoms with Crippen molar-refractivity contribution in [3.05, 3.63) is 47.5 Å². The lowest BCUT2D eigenvalue weighted by molar-refractivity contribution is 0.139. The summed E-state index contributed by atoms with van der Waals surface area (Å²) < 4.78 is 12.4. The van der Waals surface area contributed by atoms with Gasteiger partial charge in [-0.1, -0.05) is 78.0 Å². The molecule has 2 rings (SSSR count). The van der Waals surface area contributed by atoms with Crippen LogP contribution >= 0.6 is 0 Å². The molecule has 1 atom stereocenters. The van der Waals surface area contributed by atoms with E-state index in [2.05, 4.69) is 52.9 Å². The molecule has 30 heavy (non-hydrogen) atoms. The van der Waals surface area contributed by atoms with Crippen molar-refractivity contribution in [3.8, 4) is 0 Å². The van der Waals surface area contributed by atoms with Crippen LogP contribution in [0.25, 0.3) is 0 Å².